The van der Waals surface area contributed by atoms with E-state index < -0.39 is 0 Å². The molecular formula is C11H16IN. The minimum atomic E-state index is 0.438. The van der Waals surface area contributed by atoms with Crippen LogP contribution in [0.1, 0.15) is 32.4 Å². The molecule has 1 aromatic carbocycles. The zero-order valence-electron chi connectivity index (χ0n) is 8.34. The second-order valence-electron chi connectivity index (χ2n) is 3.56. The molecule has 0 aliphatic carbocycles. The van der Waals surface area contributed by atoms with Gasteiger partial charge < -0.3 is 5.32 Å². The second-order valence-corrected chi connectivity index (χ2v) is 4.73. The number of nitrogens with one attached hydrogen (secondary N) is 1. The molecule has 0 saturated carbocycles. The molecule has 0 spiro atoms. The summed E-state index contributed by atoms with van der Waals surface area (Å²) in [6, 6.07) is 9.47. The van der Waals surface area contributed by atoms with E-state index in [-0.39, 0.29) is 0 Å². The highest BCUT2D eigenvalue weighted by Crippen LogP contribution is 2.19. The Morgan fingerprint density at radius 1 is 1.15 bits per heavy atom. The molecule has 13 heavy (non-hydrogen) atoms. The fourth-order valence-electron chi connectivity index (χ4n) is 1.42. The predicted molar refractivity (Wildman–Crippen MR) is 65.8 cm³/mol. The highest BCUT2D eigenvalue weighted by atomic mass is 127. The second kappa shape index (κ2) is 4.96. The van der Waals surface area contributed by atoms with E-state index in [4.69, 9.17) is 0 Å². The van der Waals surface area contributed by atoms with Gasteiger partial charge in [-0.3, -0.25) is 0 Å². The van der Waals surface area contributed by atoms with Crippen molar-refractivity contribution in [2.45, 2.75) is 32.9 Å². The molecule has 1 N–H and O–H groups in total. The number of hydrogen-bond donors (Lipinski definition) is 1. The molecule has 0 bridgehead atoms. The van der Waals surface area contributed by atoms with Gasteiger partial charge in [-0.2, -0.15) is 0 Å². The third-order valence-corrected chi connectivity index (χ3v) is 2.94. The number of halogens is 1. The summed E-state index contributed by atoms with van der Waals surface area (Å²) >= 11 is 2.38. The highest BCUT2D eigenvalue weighted by molar-refractivity contribution is 14.1. The Morgan fingerprint density at radius 2 is 1.77 bits per heavy atom. The summed E-state index contributed by atoms with van der Waals surface area (Å²) in [4.78, 5) is 0. The van der Waals surface area contributed by atoms with Crippen LogP contribution in [0.5, 0.6) is 0 Å². The Kier molecular flexibility index (Phi) is 4.19. The summed E-state index contributed by atoms with van der Waals surface area (Å²) in [5.74, 6) is 0. The summed E-state index contributed by atoms with van der Waals surface area (Å²) in [5.41, 5.74) is 1.39. The van der Waals surface area contributed by atoms with E-state index >= 15 is 0 Å². The van der Waals surface area contributed by atoms with Crippen LogP contribution >= 0.6 is 22.6 Å². The molecule has 0 aromatic heterocycles. The molecule has 0 radical (unpaired) electrons. The van der Waals surface area contributed by atoms with Crippen molar-refractivity contribution in [3.05, 3.63) is 33.4 Å². The standard InChI is InChI=1S/C11H16IN/c1-8(2)13-9(3)10-6-4-5-7-11(10)12/h4-9,13H,1-3H3. The first-order valence-electron chi connectivity index (χ1n) is 4.61. The molecule has 1 nitrogen and oxygen atoms in total. The van der Waals surface area contributed by atoms with Gasteiger partial charge in [0, 0.05) is 15.7 Å². The maximum atomic E-state index is 3.50. The predicted octanol–water partition coefficient (Wildman–Crippen LogP) is 3.35. The van der Waals surface area contributed by atoms with Gasteiger partial charge in [-0.1, -0.05) is 32.0 Å². The SMILES string of the molecule is CC(C)NC(C)c1ccccc1I. The fraction of sp³-hybridized carbons (Fsp3) is 0.455. The Balaban J connectivity index is 2.76. The maximum absolute atomic E-state index is 3.50. The maximum Gasteiger partial charge on any atom is 0.0304 e. The first-order chi connectivity index (χ1) is 6.11. The lowest BCUT2D eigenvalue weighted by Crippen LogP contribution is -2.26. The monoisotopic (exact) mass is 289 g/mol. The van der Waals surface area contributed by atoms with Crippen molar-refractivity contribution in [2.24, 2.45) is 0 Å². The van der Waals surface area contributed by atoms with Crippen molar-refractivity contribution < 1.29 is 0 Å². The molecule has 0 saturated heterocycles. The van der Waals surface area contributed by atoms with Gasteiger partial charge in [0.1, 0.15) is 0 Å². The van der Waals surface area contributed by atoms with Crippen molar-refractivity contribution in [1.82, 2.24) is 5.32 Å². The summed E-state index contributed by atoms with van der Waals surface area (Å²) in [7, 11) is 0. The van der Waals surface area contributed by atoms with Crippen molar-refractivity contribution in [3.8, 4) is 0 Å². The molecule has 1 aromatic rings. The van der Waals surface area contributed by atoms with Gasteiger partial charge in [0.15, 0.2) is 0 Å². The van der Waals surface area contributed by atoms with Gasteiger partial charge >= 0.3 is 0 Å². The van der Waals surface area contributed by atoms with E-state index in [0.717, 1.165) is 0 Å². The van der Waals surface area contributed by atoms with Gasteiger partial charge in [-0.15, -0.1) is 0 Å². The minimum Gasteiger partial charge on any atom is -0.308 e. The molecule has 0 aliphatic rings. The summed E-state index contributed by atoms with van der Waals surface area (Å²) < 4.78 is 1.33. The largest absolute Gasteiger partial charge is 0.308 e. The molecule has 0 aliphatic heterocycles. The van der Waals surface area contributed by atoms with Gasteiger partial charge in [-0.25, -0.2) is 0 Å². The number of hydrogen-bond acceptors (Lipinski definition) is 1. The zero-order valence-corrected chi connectivity index (χ0v) is 10.5. The van der Waals surface area contributed by atoms with Crippen LogP contribution in [0.4, 0.5) is 0 Å². The first-order valence-corrected chi connectivity index (χ1v) is 5.69. The molecular weight excluding hydrogens is 273 g/mol. The summed E-state index contributed by atoms with van der Waals surface area (Å²) in [6.45, 7) is 6.55. The first kappa shape index (κ1) is 11.0. The average molecular weight is 289 g/mol. The van der Waals surface area contributed by atoms with Crippen LogP contribution in [0, 0.1) is 3.57 Å². The Hall–Kier alpha value is -0.0900. The minimum absolute atomic E-state index is 0.438. The van der Waals surface area contributed by atoms with Crippen molar-refractivity contribution >= 4 is 22.6 Å². The fourth-order valence-corrected chi connectivity index (χ4v) is 2.27. The Bertz CT molecular complexity index is 271. The van der Waals surface area contributed by atoms with E-state index in [1.54, 1.807) is 0 Å². The molecule has 2 heteroatoms. The van der Waals surface area contributed by atoms with Crippen LogP contribution < -0.4 is 5.32 Å². The number of benzene rings is 1. The molecule has 1 rings (SSSR count). The summed E-state index contributed by atoms with van der Waals surface area (Å²) in [5, 5.41) is 3.50. The topological polar surface area (TPSA) is 12.0 Å². The molecule has 0 amide bonds. The van der Waals surface area contributed by atoms with Crippen LogP contribution in [0.3, 0.4) is 0 Å². The van der Waals surface area contributed by atoms with Gasteiger partial charge in [0.25, 0.3) is 0 Å². The molecule has 72 valence electrons. The normalized spacial score (nSPS) is 13.3. The third-order valence-electron chi connectivity index (χ3n) is 1.96. The van der Waals surface area contributed by atoms with Crippen LogP contribution in [0.25, 0.3) is 0 Å². The quantitative estimate of drug-likeness (QED) is 0.841. The van der Waals surface area contributed by atoms with Crippen LogP contribution in [-0.2, 0) is 0 Å². The molecule has 1 unspecified atom stereocenters. The molecule has 0 heterocycles. The Labute approximate surface area is 94.1 Å². The van der Waals surface area contributed by atoms with Crippen LogP contribution in [0.2, 0.25) is 0 Å². The van der Waals surface area contributed by atoms with Gasteiger partial charge in [-0.05, 0) is 41.1 Å². The van der Waals surface area contributed by atoms with Gasteiger partial charge in [0.2, 0.25) is 0 Å². The van der Waals surface area contributed by atoms with Crippen LogP contribution in [0.15, 0.2) is 24.3 Å². The smallest absolute Gasteiger partial charge is 0.0304 e. The van der Waals surface area contributed by atoms with E-state index in [1.807, 2.05) is 0 Å². The van der Waals surface area contributed by atoms with Gasteiger partial charge in [0.05, 0.1) is 0 Å². The lowest BCUT2D eigenvalue weighted by atomic mass is 10.1. The molecule has 1 atom stereocenters. The lowest BCUT2D eigenvalue weighted by molar-refractivity contribution is 0.505. The van der Waals surface area contributed by atoms with Crippen molar-refractivity contribution in [1.29, 1.82) is 0 Å². The third kappa shape index (κ3) is 3.27. The van der Waals surface area contributed by atoms with Crippen molar-refractivity contribution in [3.63, 3.8) is 0 Å². The van der Waals surface area contributed by atoms with E-state index in [2.05, 4.69) is 72.9 Å². The van der Waals surface area contributed by atoms with E-state index in [0.29, 0.717) is 12.1 Å². The zero-order chi connectivity index (χ0) is 9.84. The Morgan fingerprint density at radius 3 is 2.31 bits per heavy atom. The number of rotatable bonds is 3. The summed E-state index contributed by atoms with van der Waals surface area (Å²) in [6.07, 6.45) is 0. The van der Waals surface area contributed by atoms with Crippen molar-refractivity contribution in [2.75, 3.05) is 0 Å². The average Bonchev–Trinajstić information content (AvgIpc) is 2.03. The van der Waals surface area contributed by atoms with Crippen LogP contribution in [-0.4, -0.2) is 6.04 Å². The van der Waals surface area contributed by atoms with E-state index in [1.165, 1.54) is 9.13 Å². The highest BCUT2D eigenvalue weighted by Gasteiger charge is 2.08. The van der Waals surface area contributed by atoms with E-state index in [9.17, 15) is 0 Å². The lowest BCUT2D eigenvalue weighted by Gasteiger charge is -2.18. The molecule has 0 fully saturated rings.